The first-order valence-electron chi connectivity index (χ1n) is 3.96. The number of aromatic amines is 1. The molecule has 0 spiro atoms. The van der Waals surface area contributed by atoms with Gasteiger partial charge in [0.15, 0.2) is 10.6 Å². The molecule has 1 N–H and O–H groups in total. The first kappa shape index (κ1) is 9.96. The van der Waals surface area contributed by atoms with E-state index in [1.54, 1.807) is 12.1 Å². The van der Waals surface area contributed by atoms with Crippen LogP contribution >= 0.6 is 23.6 Å². The van der Waals surface area contributed by atoms with Crippen molar-refractivity contribution in [2.75, 3.05) is 0 Å². The number of thiophene rings is 1. The Morgan fingerprint density at radius 1 is 1.53 bits per heavy atom. The van der Waals surface area contributed by atoms with E-state index in [1.165, 1.54) is 11.3 Å². The summed E-state index contributed by atoms with van der Waals surface area (Å²) in [5, 5.41) is 8.65. The zero-order chi connectivity index (χ0) is 10.8. The Labute approximate surface area is 93.8 Å². The van der Waals surface area contributed by atoms with Crippen molar-refractivity contribution in [1.82, 2.24) is 9.97 Å². The molecule has 15 heavy (non-hydrogen) atoms. The molecule has 74 valence electrons. The number of nitriles is 1. The van der Waals surface area contributed by atoms with Crippen molar-refractivity contribution in [1.29, 1.82) is 5.26 Å². The van der Waals surface area contributed by atoms with Gasteiger partial charge in [-0.3, -0.25) is 0 Å². The van der Waals surface area contributed by atoms with E-state index in [4.69, 9.17) is 17.5 Å². The first-order chi connectivity index (χ1) is 7.20. The molecule has 2 rings (SSSR count). The van der Waals surface area contributed by atoms with Crippen LogP contribution in [0, 0.1) is 21.9 Å². The molecule has 0 saturated carbocycles. The van der Waals surface area contributed by atoms with Gasteiger partial charge in [0, 0.05) is 0 Å². The molecule has 0 aliphatic rings. The highest BCUT2D eigenvalue weighted by atomic mass is 32.1. The van der Waals surface area contributed by atoms with Crippen molar-refractivity contribution in [2.45, 2.75) is 0 Å². The van der Waals surface area contributed by atoms with Gasteiger partial charge in [-0.15, -0.1) is 11.3 Å². The molecule has 6 heteroatoms. The number of hydrogen-bond donors (Lipinski definition) is 1. The van der Waals surface area contributed by atoms with E-state index in [1.807, 2.05) is 6.07 Å². The van der Waals surface area contributed by atoms with Gasteiger partial charge in [0.05, 0.1) is 16.8 Å². The van der Waals surface area contributed by atoms with E-state index in [0.29, 0.717) is 9.75 Å². The molecule has 3 nitrogen and oxygen atoms in total. The lowest BCUT2D eigenvalue weighted by atomic mass is 10.3. The van der Waals surface area contributed by atoms with Crippen LogP contribution in [0.4, 0.5) is 4.39 Å². The van der Waals surface area contributed by atoms with Crippen LogP contribution in [0.2, 0.25) is 0 Å². The lowest BCUT2D eigenvalue weighted by molar-refractivity contribution is 0.617. The highest BCUT2D eigenvalue weighted by Gasteiger charge is 2.08. The molecule has 0 aromatic carbocycles. The second-order valence-corrected chi connectivity index (χ2v) is 4.16. The van der Waals surface area contributed by atoms with E-state index in [-0.39, 0.29) is 10.5 Å². The summed E-state index contributed by atoms with van der Waals surface area (Å²) in [6.07, 6.45) is 1.07. The Bertz CT molecular complexity index is 594. The van der Waals surface area contributed by atoms with Crippen LogP contribution < -0.4 is 0 Å². The van der Waals surface area contributed by atoms with Gasteiger partial charge in [-0.1, -0.05) is 0 Å². The van der Waals surface area contributed by atoms with E-state index in [2.05, 4.69) is 9.97 Å². The van der Waals surface area contributed by atoms with Gasteiger partial charge in [0.2, 0.25) is 0 Å². The number of aromatic nitrogens is 2. The molecule has 0 aliphatic heterocycles. The number of nitrogens with one attached hydrogen (secondary N) is 1. The summed E-state index contributed by atoms with van der Waals surface area (Å²) in [5.41, 5.74) is 0.279. The van der Waals surface area contributed by atoms with Gasteiger partial charge in [-0.05, 0) is 24.4 Å². The third-order valence-corrected chi connectivity index (χ3v) is 2.94. The Morgan fingerprint density at radius 2 is 2.33 bits per heavy atom. The second kappa shape index (κ2) is 3.88. The Morgan fingerprint density at radius 3 is 3.00 bits per heavy atom. The predicted molar refractivity (Wildman–Crippen MR) is 57.4 cm³/mol. The van der Waals surface area contributed by atoms with E-state index >= 15 is 0 Å². The van der Waals surface area contributed by atoms with Crippen molar-refractivity contribution >= 4 is 23.6 Å². The molecule has 0 saturated heterocycles. The van der Waals surface area contributed by atoms with Crippen LogP contribution in [-0.4, -0.2) is 9.97 Å². The highest BCUT2D eigenvalue weighted by Crippen LogP contribution is 2.27. The quantitative estimate of drug-likeness (QED) is 0.776. The number of halogens is 1. The molecule has 0 aliphatic carbocycles. The maximum absolute atomic E-state index is 13.4. The zero-order valence-electron chi connectivity index (χ0n) is 7.32. The summed E-state index contributed by atoms with van der Waals surface area (Å²) in [6.45, 7) is 0. The summed E-state index contributed by atoms with van der Waals surface area (Å²) in [7, 11) is 0. The number of rotatable bonds is 1. The van der Waals surface area contributed by atoms with Crippen molar-refractivity contribution in [2.24, 2.45) is 0 Å². The molecule has 0 unspecified atom stereocenters. The maximum Gasteiger partial charge on any atom is 0.197 e. The van der Waals surface area contributed by atoms with Gasteiger partial charge in [-0.2, -0.15) is 5.26 Å². The molecule has 2 aromatic rings. The summed E-state index contributed by atoms with van der Waals surface area (Å²) in [4.78, 5) is 7.44. The van der Waals surface area contributed by atoms with Gasteiger partial charge in [0.25, 0.3) is 0 Å². The van der Waals surface area contributed by atoms with Crippen molar-refractivity contribution in [3.05, 3.63) is 33.8 Å². The summed E-state index contributed by atoms with van der Waals surface area (Å²) in [5.74, 6) is -0.477. The topological polar surface area (TPSA) is 52.5 Å². The molecule has 0 bridgehead atoms. The fraction of sp³-hybridized carbons (Fsp3) is 0. The zero-order valence-corrected chi connectivity index (χ0v) is 8.95. The molecule has 2 aromatic heterocycles. The van der Waals surface area contributed by atoms with E-state index < -0.39 is 5.82 Å². The number of nitrogens with zero attached hydrogens (tertiary/aromatic N) is 2. The van der Waals surface area contributed by atoms with Gasteiger partial charge >= 0.3 is 0 Å². The standard InChI is InChI=1S/C9H4FN3S2/c10-6-4-12-9(14)13-8(6)7-2-1-5(3-11)15-7/h1-2,4H,(H,12,13,14). The van der Waals surface area contributed by atoms with Gasteiger partial charge in [-0.25, -0.2) is 9.37 Å². The monoisotopic (exact) mass is 237 g/mol. The fourth-order valence-corrected chi connectivity index (χ4v) is 2.05. The lowest BCUT2D eigenvalue weighted by Crippen LogP contribution is -1.89. The second-order valence-electron chi connectivity index (χ2n) is 2.69. The van der Waals surface area contributed by atoms with Crippen LogP contribution in [-0.2, 0) is 0 Å². The largest absolute Gasteiger partial charge is 0.327 e. The number of hydrogen-bond acceptors (Lipinski definition) is 4. The minimum absolute atomic E-state index is 0.221. The Kier molecular flexibility index (Phi) is 2.58. The van der Waals surface area contributed by atoms with Crippen molar-refractivity contribution < 1.29 is 4.39 Å². The third-order valence-electron chi connectivity index (χ3n) is 1.73. The average molecular weight is 237 g/mol. The van der Waals surface area contributed by atoms with Crippen LogP contribution in [0.1, 0.15) is 4.88 Å². The Balaban J connectivity index is 2.59. The third kappa shape index (κ3) is 1.93. The SMILES string of the molecule is N#Cc1ccc(-c2[nH]c(=S)ncc2F)s1. The summed E-state index contributed by atoms with van der Waals surface area (Å²) in [6, 6.07) is 5.30. The molecular formula is C9H4FN3S2. The maximum atomic E-state index is 13.4. The smallest absolute Gasteiger partial charge is 0.197 e. The van der Waals surface area contributed by atoms with Crippen LogP contribution in [0.25, 0.3) is 10.6 Å². The summed E-state index contributed by atoms with van der Waals surface area (Å²) >= 11 is 6.00. The number of H-pyrrole nitrogens is 1. The normalized spacial score (nSPS) is 9.87. The first-order valence-corrected chi connectivity index (χ1v) is 5.18. The van der Waals surface area contributed by atoms with Crippen LogP contribution in [0.15, 0.2) is 18.3 Å². The minimum atomic E-state index is -0.477. The molecule has 2 heterocycles. The van der Waals surface area contributed by atoms with E-state index in [9.17, 15) is 4.39 Å². The molecule has 0 radical (unpaired) electrons. The molecular weight excluding hydrogens is 233 g/mol. The van der Waals surface area contributed by atoms with Gasteiger partial charge < -0.3 is 4.98 Å². The molecule has 0 fully saturated rings. The van der Waals surface area contributed by atoms with Crippen LogP contribution in [0.3, 0.4) is 0 Å². The Hall–Kier alpha value is -1.58. The minimum Gasteiger partial charge on any atom is -0.327 e. The highest BCUT2D eigenvalue weighted by molar-refractivity contribution is 7.71. The molecule has 0 amide bonds. The van der Waals surface area contributed by atoms with Gasteiger partial charge in [0.1, 0.15) is 10.9 Å². The summed E-state index contributed by atoms with van der Waals surface area (Å²) < 4.78 is 13.6. The van der Waals surface area contributed by atoms with Crippen molar-refractivity contribution in [3.63, 3.8) is 0 Å². The van der Waals surface area contributed by atoms with Crippen molar-refractivity contribution in [3.8, 4) is 16.6 Å². The fourth-order valence-electron chi connectivity index (χ4n) is 1.09. The average Bonchev–Trinajstić information content (AvgIpc) is 2.70. The predicted octanol–water partition coefficient (Wildman–Crippen LogP) is 2.88. The van der Waals surface area contributed by atoms with Crippen LogP contribution in [0.5, 0.6) is 0 Å². The van der Waals surface area contributed by atoms with E-state index in [0.717, 1.165) is 6.20 Å². The molecule has 0 atom stereocenters. The lowest BCUT2D eigenvalue weighted by Gasteiger charge is -1.98.